The van der Waals surface area contributed by atoms with Crippen molar-refractivity contribution < 1.29 is 18.4 Å². The molecule has 2 rings (SSSR count). The van der Waals surface area contributed by atoms with E-state index in [0.29, 0.717) is 4.90 Å². The van der Waals surface area contributed by atoms with Crippen LogP contribution in [0.25, 0.3) is 0 Å². The van der Waals surface area contributed by atoms with E-state index in [1.807, 2.05) is 0 Å². The number of hydrogen-bond donors (Lipinski definition) is 1. The average molecular weight is 260 g/mol. The number of likely N-dealkylation sites (tertiary alicyclic amines) is 1. The molecule has 2 N–H and O–H groups in total. The van der Waals surface area contributed by atoms with Gasteiger partial charge in [-0.05, 0) is 18.3 Å². The molecule has 0 aromatic heterocycles. The molecule has 6 heteroatoms. The summed E-state index contributed by atoms with van der Waals surface area (Å²) in [7, 11) is 0. The Morgan fingerprint density at radius 3 is 2.11 bits per heavy atom. The van der Waals surface area contributed by atoms with Gasteiger partial charge in [0.05, 0.1) is 13.1 Å². The molecule has 1 saturated heterocycles. The number of carbonyl (C=O) groups excluding carboxylic acids is 2. The molecule has 2 aliphatic rings. The highest BCUT2D eigenvalue weighted by Crippen LogP contribution is 2.47. The van der Waals surface area contributed by atoms with Crippen molar-refractivity contribution in [2.45, 2.75) is 44.4 Å². The molecule has 0 bridgehead atoms. The first-order valence-corrected chi connectivity index (χ1v) is 6.29. The first-order valence-electron chi connectivity index (χ1n) is 6.29. The van der Waals surface area contributed by atoms with Gasteiger partial charge in [-0.2, -0.15) is 0 Å². The second-order valence-corrected chi connectivity index (χ2v) is 5.49. The Balaban J connectivity index is 2.07. The summed E-state index contributed by atoms with van der Waals surface area (Å²) in [6, 6.07) is 0. The first kappa shape index (κ1) is 13.4. The van der Waals surface area contributed by atoms with Gasteiger partial charge in [0.2, 0.25) is 11.8 Å². The zero-order chi connectivity index (χ0) is 13.4. The normalized spacial score (nSPS) is 24.1. The number of imide groups is 1. The smallest absolute Gasteiger partial charge is 0.277 e. The molecule has 0 radical (unpaired) electrons. The van der Waals surface area contributed by atoms with E-state index in [9.17, 15) is 18.4 Å². The second kappa shape index (κ2) is 4.57. The maximum Gasteiger partial charge on any atom is 0.277 e. The molecule has 0 aromatic carbocycles. The van der Waals surface area contributed by atoms with E-state index in [0.717, 1.165) is 25.7 Å². The van der Waals surface area contributed by atoms with E-state index in [4.69, 9.17) is 5.73 Å². The van der Waals surface area contributed by atoms with E-state index < -0.39 is 30.8 Å². The van der Waals surface area contributed by atoms with Crippen molar-refractivity contribution in [3.63, 3.8) is 0 Å². The molecule has 0 aromatic rings. The SMILES string of the molecule is NCC(F)(F)CN1C(=O)CC2(CCCC2)CC1=O. The third-order valence-corrected chi connectivity index (χ3v) is 4.01. The van der Waals surface area contributed by atoms with Gasteiger partial charge in [-0.1, -0.05) is 12.8 Å². The topological polar surface area (TPSA) is 63.4 Å². The minimum atomic E-state index is -3.19. The number of amides is 2. The number of rotatable bonds is 3. The van der Waals surface area contributed by atoms with Crippen molar-refractivity contribution in [1.82, 2.24) is 4.90 Å². The molecule has 102 valence electrons. The second-order valence-electron chi connectivity index (χ2n) is 5.49. The number of nitrogens with zero attached hydrogens (tertiary/aromatic N) is 1. The zero-order valence-corrected chi connectivity index (χ0v) is 10.3. The molecule has 1 spiro atoms. The van der Waals surface area contributed by atoms with Crippen molar-refractivity contribution >= 4 is 11.8 Å². The van der Waals surface area contributed by atoms with Crippen LogP contribution in [0.2, 0.25) is 0 Å². The van der Waals surface area contributed by atoms with Crippen molar-refractivity contribution in [2.24, 2.45) is 11.1 Å². The zero-order valence-electron chi connectivity index (χ0n) is 10.3. The van der Waals surface area contributed by atoms with Crippen molar-refractivity contribution in [2.75, 3.05) is 13.1 Å². The summed E-state index contributed by atoms with van der Waals surface area (Å²) in [5, 5.41) is 0. The number of nitrogens with two attached hydrogens (primary N) is 1. The van der Waals surface area contributed by atoms with Crippen LogP contribution >= 0.6 is 0 Å². The van der Waals surface area contributed by atoms with E-state index in [1.165, 1.54) is 0 Å². The minimum Gasteiger partial charge on any atom is -0.325 e. The lowest BCUT2D eigenvalue weighted by Gasteiger charge is -2.38. The van der Waals surface area contributed by atoms with Crippen LogP contribution in [0.3, 0.4) is 0 Å². The number of alkyl halides is 2. The lowest BCUT2D eigenvalue weighted by atomic mass is 9.76. The molecule has 18 heavy (non-hydrogen) atoms. The lowest BCUT2D eigenvalue weighted by molar-refractivity contribution is -0.159. The van der Waals surface area contributed by atoms with E-state index in [-0.39, 0.29) is 18.3 Å². The fraction of sp³-hybridized carbons (Fsp3) is 0.833. The van der Waals surface area contributed by atoms with Gasteiger partial charge in [0.25, 0.3) is 5.92 Å². The largest absolute Gasteiger partial charge is 0.325 e. The quantitative estimate of drug-likeness (QED) is 0.778. The molecule has 1 aliphatic carbocycles. The fourth-order valence-corrected chi connectivity index (χ4v) is 2.98. The maximum atomic E-state index is 13.2. The minimum absolute atomic E-state index is 0.222. The Labute approximate surface area is 104 Å². The highest BCUT2D eigenvalue weighted by Gasteiger charge is 2.47. The van der Waals surface area contributed by atoms with Crippen LogP contribution in [0.1, 0.15) is 38.5 Å². The average Bonchev–Trinajstić information content (AvgIpc) is 2.72. The van der Waals surface area contributed by atoms with Gasteiger partial charge in [0, 0.05) is 12.8 Å². The van der Waals surface area contributed by atoms with E-state index in [2.05, 4.69) is 0 Å². The van der Waals surface area contributed by atoms with Crippen molar-refractivity contribution in [3.8, 4) is 0 Å². The molecule has 2 amide bonds. The summed E-state index contributed by atoms with van der Waals surface area (Å²) in [5.74, 6) is -4.13. The van der Waals surface area contributed by atoms with Gasteiger partial charge in [-0.3, -0.25) is 14.5 Å². The summed E-state index contributed by atoms with van der Waals surface area (Å²) < 4.78 is 26.4. The Kier molecular flexibility index (Phi) is 3.40. The van der Waals surface area contributed by atoms with E-state index in [1.54, 1.807) is 0 Å². The van der Waals surface area contributed by atoms with Gasteiger partial charge in [0.15, 0.2) is 0 Å². The molecule has 1 aliphatic heterocycles. The Morgan fingerprint density at radius 2 is 1.67 bits per heavy atom. The van der Waals surface area contributed by atoms with Gasteiger partial charge < -0.3 is 5.73 Å². The number of halogens is 2. The summed E-state index contributed by atoms with van der Waals surface area (Å²) in [6.45, 7) is -1.73. The third-order valence-electron chi connectivity index (χ3n) is 4.01. The standard InChI is InChI=1S/C12H18F2N2O2/c13-12(14,7-15)8-16-9(17)5-11(6-10(16)18)3-1-2-4-11/h1-8,15H2. The highest BCUT2D eigenvalue weighted by atomic mass is 19.3. The summed E-state index contributed by atoms with van der Waals surface area (Å²) in [5.41, 5.74) is 4.68. The molecule has 4 nitrogen and oxygen atoms in total. The van der Waals surface area contributed by atoms with Crippen LogP contribution in [-0.2, 0) is 9.59 Å². The predicted octanol–water partition coefficient (Wildman–Crippen LogP) is 1.29. The van der Waals surface area contributed by atoms with Gasteiger partial charge >= 0.3 is 0 Å². The molecule has 1 heterocycles. The summed E-state index contributed by atoms with van der Waals surface area (Å²) >= 11 is 0. The lowest BCUT2D eigenvalue weighted by Crippen LogP contribution is -2.52. The van der Waals surface area contributed by atoms with Gasteiger partial charge in [0.1, 0.15) is 0 Å². The van der Waals surface area contributed by atoms with Crippen LogP contribution in [0.5, 0.6) is 0 Å². The van der Waals surface area contributed by atoms with Crippen molar-refractivity contribution in [1.29, 1.82) is 0 Å². The predicted molar refractivity (Wildman–Crippen MR) is 60.9 cm³/mol. The molecule has 0 unspecified atom stereocenters. The van der Waals surface area contributed by atoms with Crippen molar-refractivity contribution in [3.05, 3.63) is 0 Å². The Hall–Kier alpha value is -1.04. The summed E-state index contributed by atoms with van der Waals surface area (Å²) in [6.07, 6.45) is 4.18. The van der Waals surface area contributed by atoms with Gasteiger partial charge in [-0.25, -0.2) is 8.78 Å². The number of hydrogen-bond acceptors (Lipinski definition) is 3. The first-order chi connectivity index (χ1) is 8.37. The molecular formula is C12H18F2N2O2. The summed E-state index contributed by atoms with van der Waals surface area (Å²) in [4.78, 5) is 24.5. The molecular weight excluding hydrogens is 242 g/mol. The van der Waals surface area contributed by atoms with Crippen LogP contribution in [-0.4, -0.2) is 35.7 Å². The molecule has 1 saturated carbocycles. The maximum absolute atomic E-state index is 13.2. The van der Waals surface area contributed by atoms with Crippen LogP contribution in [0.4, 0.5) is 8.78 Å². The van der Waals surface area contributed by atoms with Crippen LogP contribution in [0, 0.1) is 5.41 Å². The molecule has 0 atom stereocenters. The number of piperidine rings is 1. The molecule has 2 fully saturated rings. The Bertz CT molecular complexity index is 345. The highest BCUT2D eigenvalue weighted by molar-refractivity contribution is 5.98. The van der Waals surface area contributed by atoms with Crippen LogP contribution in [0.15, 0.2) is 0 Å². The van der Waals surface area contributed by atoms with Gasteiger partial charge in [-0.15, -0.1) is 0 Å². The van der Waals surface area contributed by atoms with Crippen LogP contribution < -0.4 is 5.73 Å². The monoisotopic (exact) mass is 260 g/mol. The Morgan fingerprint density at radius 1 is 1.17 bits per heavy atom. The fourth-order valence-electron chi connectivity index (χ4n) is 2.98. The van der Waals surface area contributed by atoms with E-state index >= 15 is 0 Å². The third kappa shape index (κ3) is 2.53. The number of carbonyl (C=O) groups is 2.